The summed E-state index contributed by atoms with van der Waals surface area (Å²) < 4.78 is 7.25. The van der Waals surface area contributed by atoms with Crippen molar-refractivity contribution in [3.8, 4) is 17.3 Å². The molecular weight excluding hydrogens is 252 g/mol. The lowest BCUT2D eigenvalue weighted by Gasteiger charge is -2.21. The first-order valence-electron chi connectivity index (χ1n) is 6.83. The quantitative estimate of drug-likeness (QED) is 0.856. The Hall–Kier alpha value is -2.19. The van der Waals surface area contributed by atoms with E-state index in [1.165, 1.54) is 0 Å². The molecule has 1 saturated heterocycles. The average Bonchev–Trinajstić information content (AvgIpc) is 2.97. The van der Waals surface area contributed by atoms with E-state index < -0.39 is 0 Å². The highest BCUT2D eigenvalue weighted by Crippen LogP contribution is 2.20. The second-order valence-corrected chi connectivity index (χ2v) is 5.07. The molecule has 5 nitrogen and oxygen atoms in total. The third-order valence-corrected chi connectivity index (χ3v) is 3.61. The van der Waals surface area contributed by atoms with Crippen LogP contribution in [-0.2, 0) is 11.3 Å². The number of nitriles is 1. The summed E-state index contributed by atoms with van der Waals surface area (Å²) >= 11 is 0. The number of rotatable bonds is 3. The largest absolute Gasteiger partial charge is 0.381 e. The predicted molar refractivity (Wildman–Crippen MR) is 73.7 cm³/mol. The minimum atomic E-state index is 0.615. The van der Waals surface area contributed by atoms with Crippen LogP contribution in [0.15, 0.2) is 30.5 Å². The normalized spacial score (nSPS) is 15.9. The first-order chi connectivity index (χ1) is 9.85. The van der Waals surface area contributed by atoms with Crippen LogP contribution >= 0.6 is 0 Å². The zero-order chi connectivity index (χ0) is 13.8. The van der Waals surface area contributed by atoms with Crippen LogP contribution in [0.25, 0.3) is 11.3 Å². The highest BCUT2D eigenvalue weighted by molar-refractivity contribution is 5.60. The number of hydrogen-bond acceptors (Lipinski definition) is 4. The van der Waals surface area contributed by atoms with Gasteiger partial charge in [0.05, 0.1) is 17.8 Å². The predicted octanol–water partition coefficient (Wildman–Crippen LogP) is 2.24. The Balaban J connectivity index is 1.74. The number of ether oxygens (including phenoxy) is 1. The Morgan fingerprint density at radius 3 is 3.00 bits per heavy atom. The average molecular weight is 268 g/mol. The zero-order valence-corrected chi connectivity index (χ0v) is 11.2. The molecule has 2 aromatic rings. The fourth-order valence-corrected chi connectivity index (χ4v) is 2.46. The van der Waals surface area contributed by atoms with Crippen molar-refractivity contribution in [3.63, 3.8) is 0 Å². The van der Waals surface area contributed by atoms with Gasteiger partial charge in [0.1, 0.15) is 5.69 Å². The molecule has 0 bridgehead atoms. The molecule has 102 valence electrons. The summed E-state index contributed by atoms with van der Waals surface area (Å²) in [5.74, 6) is 0.615. The molecule has 3 rings (SSSR count). The Morgan fingerprint density at radius 2 is 2.20 bits per heavy atom. The van der Waals surface area contributed by atoms with Crippen LogP contribution in [0.5, 0.6) is 0 Å². The molecule has 1 aliphatic rings. The molecular formula is C15H16N4O. The minimum Gasteiger partial charge on any atom is -0.381 e. The lowest BCUT2D eigenvalue weighted by molar-refractivity contribution is 0.0600. The fraction of sp³-hybridized carbons (Fsp3) is 0.400. The number of aromatic nitrogens is 3. The molecule has 0 radical (unpaired) electrons. The second-order valence-electron chi connectivity index (χ2n) is 5.07. The lowest BCUT2D eigenvalue weighted by Crippen LogP contribution is -2.20. The molecule has 20 heavy (non-hydrogen) atoms. The highest BCUT2D eigenvalue weighted by atomic mass is 16.5. The number of benzene rings is 1. The van der Waals surface area contributed by atoms with Gasteiger partial charge in [-0.2, -0.15) is 5.26 Å². The summed E-state index contributed by atoms with van der Waals surface area (Å²) in [5, 5.41) is 17.3. The van der Waals surface area contributed by atoms with Crippen molar-refractivity contribution < 1.29 is 4.74 Å². The molecule has 1 aromatic heterocycles. The van der Waals surface area contributed by atoms with Crippen molar-refractivity contribution in [1.82, 2.24) is 15.0 Å². The van der Waals surface area contributed by atoms with Crippen molar-refractivity contribution in [2.45, 2.75) is 19.4 Å². The van der Waals surface area contributed by atoms with Gasteiger partial charge in [0, 0.05) is 25.3 Å². The van der Waals surface area contributed by atoms with E-state index in [0.29, 0.717) is 11.5 Å². The third kappa shape index (κ3) is 2.86. The molecule has 0 saturated carbocycles. The maximum atomic E-state index is 8.93. The summed E-state index contributed by atoms with van der Waals surface area (Å²) in [7, 11) is 0. The van der Waals surface area contributed by atoms with Gasteiger partial charge in [-0.1, -0.05) is 17.3 Å². The van der Waals surface area contributed by atoms with Gasteiger partial charge < -0.3 is 4.74 Å². The maximum absolute atomic E-state index is 8.93. The maximum Gasteiger partial charge on any atom is 0.113 e. The van der Waals surface area contributed by atoms with Crippen molar-refractivity contribution in [2.24, 2.45) is 5.92 Å². The molecule has 1 fully saturated rings. The molecule has 1 aliphatic heterocycles. The van der Waals surface area contributed by atoms with E-state index in [1.54, 1.807) is 6.07 Å². The smallest absolute Gasteiger partial charge is 0.113 e. The van der Waals surface area contributed by atoms with E-state index in [1.807, 2.05) is 29.1 Å². The Bertz CT molecular complexity index is 623. The zero-order valence-electron chi connectivity index (χ0n) is 11.2. The summed E-state index contributed by atoms with van der Waals surface area (Å²) in [6.07, 6.45) is 4.12. The van der Waals surface area contributed by atoms with E-state index in [2.05, 4.69) is 16.4 Å². The number of nitrogens with zero attached hydrogens (tertiary/aromatic N) is 4. The summed E-state index contributed by atoms with van der Waals surface area (Å²) in [4.78, 5) is 0. The molecule has 0 atom stereocenters. The van der Waals surface area contributed by atoms with Gasteiger partial charge >= 0.3 is 0 Å². The van der Waals surface area contributed by atoms with Crippen LogP contribution in [0.4, 0.5) is 0 Å². The van der Waals surface area contributed by atoms with Gasteiger partial charge in [0.15, 0.2) is 0 Å². The first kappa shape index (κ1) is 12.8. The summed E-state index contributed by atoms with van der Waals surface area (Å²) in [6.45, 7) is 2.57. The Morgan fingerprint density at radius 1 is 1.35 bits per heavy atom. The molecule has 0 unspecified atom stereocenters. The van der Waals surface area contributed by atoms with E-state index in [4.69, 9.17) is 10.00 Å². The molecule has 1 aromatic carbocycles. The first-order valence-corrected chi connectivity index (χ1v) is 6.83. The molecule has 5 heteroatoms. The standard InChI is InChI=1S/C15H16N4O/c16-9-13-2-1-3-14(8-13)15-11-19(18-17-15)10-12-4-6-20-7-5-12/h1-3,8,11-12H,4-7,10H2. The monoisotopic (exact) mass is 268 g/mol. The van der Waals surface area contributed by atoms with Crippen LogP contribution < -0.4 is 0 Å². The van der Waals surface area contributed by atoms with E-state index in [-0.39, 0.29) is 0 Å². The molecule has 0 spiro atoms. The van der Waals surface area contributed by atoms with Gasteiger partial charge in [0.2, 0.25) is 0 Å². The molecule has 0 aliphatic carbocycles. The number of hydrogen-bond donors (Lipinski definition) is 0. The van der Waals surface area contributed by atoms with Crippen LogP contribution in [0.3, 0.4) is 0 Å². The van der Waals surface area contributed by atoms with Crippen molar-refractivity contribution in [2.75, 3.05) is 13.2 Å². The van der Waals surface area contributed by atoms with Crippen molar-refractivity contribution in [1.29, 1.82) is 5.26 Å². The van der Waals surface area contributed by atoms with Gasteiger partial charge in [-0.15, -0.1) is 5.10 Å². The van der Waals surface area contributed by atoms with E-state index in [9.17, 15) is 0 Å². The highest BCUT2D eigenvalue weighted by Gasteiger charge is 2.15. The van der Waals surface area contributed by atoms with E-state index >= 15 is 0 Å². The lowest BCUT2D eigenvalue weighted by atomic mass is 10.0. The topological polar surface area (TPSA) is 63.7 Å². The molecule has 2 heterocycles. The summed E-state index contributed by atoms with van der Waals surface area (Å²) in [6, 6.07) is 9.58. The fourth-order valence-electron chi connectivity index (χ4n) is 2.46. The molecule has 0 N–H and O–H groups in total. The SMILES string of the molecule is N#Cc1cccc(-c2cn(CC3CCOCC3)nn2)c1. The van der Waals surface area contributed by atoms with Gasteiger partial charge in [-0.25, -0.2) is 0 Å². The Kier molecular flexibility index (Phi) is 3.75. The van der Waals surface area contributed by atoms with Gasteiger partial charge in [-0.05, 0) is 30.9 Å². The van der Waals surface area contributed by atoms with Crippen LogP contribution in [0.1, 0.15) is 18.4 Å². The van der Waals surface area contributed by atoms with Crippen LogP contribution in [-0.4, -0.2) is 28.2 Å². The van der Waals surface area contributed by atoms with E-state index in [0.717, 1.165) is 43.9 Å². The minimum absolute atomic E-state index is 0.615. The van der Waals surface area contributed by atoms with Gasteiger partial charge in [0.25, 0.3) is 0 Å². The van der Waals surface area contributed by atoms with Crippen LogP contribution in [0, 0.1) is 17.2 Å². The molecule has 0 amide bonds. The van der Waals surface area contributed by atoms with Crippen molar-refractivity contribution >= 4 is 0 Å². The van der Waals surface area contributed by atoms with Crippen molar-refractivity contribution in [3.05, 3.63) is 36.0 Å². The second kappa shape index (κ2) is 5.85. The summed E-state index contributed by atoms with van der Waals surface area (Å²) in [5.41, 5.74) is 2.39. The Labute approximate surface area is 117 Å². The van der Waals surface area contributed by atoms with Crippen LogP contribution in [0.2, 0.25) is 0 Å². The van der Waals surface area contributed by atoms with Gasteiger partial charge in [-0.3, -0.25) is 4.68 Å². The third-order valence-electron chi connectivity index (χ3n) is 3.61.